The molecule has 0 aromatic carbocycles. The molecular weight excluding hydrogens is 269 g/mol. The van der Waals surface area contributed by atoms with E-state index >= 15 is 0 Å². The molecule has 0 aliphatic carbocycles. The Bertz CT molecular complexity index is 228. The molecule has 0 saturated heterocycles. The fourth-order valence-corrected chi connectivity index (χ4v) is 0.938. The molecule has 0 unspecified atom stereocenters. The lowest BCUT2D eigenvalue weighted by Gasteiger charge is -1.95. The first-order valence-electron chi connectivity index (χ1n) is 2.79. The minimum Gasteiger partial charge on any atom is -0.309 e. The summed E-state index contributed by atoms with van der Waals surface area (Å²) < 4.78 is 29.0. The van der Waals surface area contributed by atoms with Crippen molar-refractivity contribution in [3.05, 3.63) is 18.0 Å². The van der Waals surface area contributed by atoms with Crippen molar-refractivity contribution in [1.82, 2.24) is 9.78 Å². The van der Waals surface area contributed by atoms with Crippen LogP contribution in [0.15, 0.2) is 12.3 Å². The quantitative estimate of drug-likeness (QED) is 0.789. The van der Waals surface area contributed by atoms with Gasteiger partial charge in [0.2, 0.25) is 0 Å². The lowest BCUT2D eigenvalue weighted by molar-refractivity contribution is 0.0559. The molecule has 0 spiro atoms. The van der Waals surface area contributed by atoms with Gasteiger partial charge < -0.3 is 3.07 Å². The zero-order valence-corrected chi connectivity index (χ0v) is 7.53. The number of halogens is 3. The third-order valence-corrected chi connectivity index (χ3v) is 1.38. The predicted octanol–water partition coefficient (Wildman–Crippen LogP) is 2.14. The minimum absolute atomic E-state index is 0.250. The molecule has 1 rings (SSSR count). The summed E-state index contributed by atoms with van der Waals surface area (Å²) in [5, 5.41) is 3.54. The van der Waals surface area contributed by atoms with E-state index in [1.807, 2.05) is 0 Å². The van der Waals surface area contributed by atoms with Crippen LogP contribution >= 0.6 is 23.0 Å². The molecule has 11 heavy (non-hydrogen) atoms. The van der Waals surface area contributed by atoms with Crippen LogP contribution < -0.4 is 0 Å². The highest BCUT2D eigenvalue weighted by Gasteiger charge is 2.06. The summed E-state index contributed by atoms with van der Waals surface area (Å²) in [5.41, 5.74) is 0.500. The van der Waals surface area contributed by atoms with Gasteiger partial charge in [-0.15, -0.1) is 0 Å². The van der Waals surface area contributed by atoms with Gasteiger partial charge in [-0.1, -0.05) is 0 Å². The normalized spacial score (nSPS) is 10.9. The Morgan fingerprint density at radius 3 is 2.91 bits per heavy atom. The van der Waals surface area contributed by atoms with E-state index in [2.05, 4.69) is 8.16 Å². The summed E-state index contributed by atoms with van der Waals surface area (Å²) in [6, 6.07) is 1.49. The number of rotatable bonds is 3. The van der Waals surface area contributed by atoms with Crippen molar-refractivity contribution in [2.45, 2.75) is 13.2 Å². The van der Waals surface area contributed by atoms with Crippen LogP contribution in [0.25, 0.3) is 0 Å². The number of aromatic nitrogens is 2. The first-order chi connectivity index (χ1) is 5.24. The van der Waals surface area contributed by atoms with E-state index in [1.165, 1.54) is 12.3 Å². The Morgan fingerprint density at radius 1 is 1.73 bits per heavy atom. The Morgan fingerprint density at radius 2 is 2.45 bits per heavy atom. The van der Waals surface area contributed by atoms with Crippen molar-refractivity contribution in [3.63, 3.8) is 0 Å². The van der Waals surface area contributed by atoms with Crippen LogP contribution in [0.5, 0.6) is 0 Å². The summed E-state index contributed by atoms with van der Waals surface area (Å²) >= 11 is 1.68. The van der Waals surface area contributed by atoms with Crippen molar-refractivity contribution in [2.24, 2.45) is 0 Å². The van der Waals surface area contributed by atoms with E-state index in [1.54, 1.807) is 23.0 Å². The third-order valence-electron chi connectivity index (χ3n) is 1.07. The number of hydrogen-bond donors (Lipinski definition) is 0. The van der Waals surface area contributed by atoms with Crippen molar-refractivity contribution >= 4 is 23.0 Å². The molecule has 0 bridgehead atoms. The Hall–Kier alpha value is -0.240. The van der Waals surface area contributed by atoms with E-state index in [4.69, 9.17) is 0 Å². The van der Waals surface area contributed by atoms with E-state index < -0.39 is 6.55 Å². The zero-order valence-electron chi connectivity index (χ0n) is 5.38. The highest BCUT2D eigenvalue weighted by molar-refractivity contribution is 14.1. The molecule has 0 fully saturated rings. The summed E-state index contributed by atoms with van der Waals surface area (Å²) in [4.78, 5) is 0. The van der Waals surface area contributed by atoms with Gasteiger partial charge in [0.15, 0.2) is 0 Å². The van der Waals surface area contributed by atoms with Crippen LogP contribution in [0.4, 0.5) is 8.78 Å². The van der Waals surface area contributed by atoms with Crippen molar-refractivity contribution < 1.29 is 11.8 Å². The largest absolute Gasteiger partial charge is 0.333 e. The third kappa shape index (κ3) is 2.37. The first kappa shape index (κ1) is 8.85. The molecule has 0 aliphatic heterocycles. The molecule has 3 nitrogen and oxygen atoms in total. The molecule has 0 aliphatic rings. The fraction of sp³-hybridized carbons (Fsp3) is 0.400. The second-order valence-electron chi connectivity index (χ2n) is 1.82. The second kappa shape index (κ2) is 3.96. The van der Waals surface area contributed by atoms with Crippen molar-refractivity contribution in [1.29, 1.82) is 0 Å². The van der Waals surface area contributed by atoms with Crippen LogP contribution in [-0.4, -0.2) is 9.78 Å². The zero-order chi connectivity index (χ0) is 8.27. The first-order valence-corrected chi connectivity index (χ1v) is 3.68. The topological polar surface area (TPSA) is 27.1 Å². The van der Waals surface area contributed by atoms with Crippen molar-refractivity contribution in [2.75, 3.05) is 0 Å². The van der Waals surface area contributed by atoms with Crippen LogP contribution in [0.2, 0.25) is 0 Å². The molecule has 0 radical (unpaired) electrons. The van der Waals surface area contributed by atoms with Gasteiger partial charge in [-0.2, -0.15) is 13.9 Å². The highest BCUT2D eigenvalue weighted by Crippen LogP contribution is 2.09. The number of alkyl halides is 2. The van der Waals surface area contributed by atoms with Gasteiger partial charge in [0.25, 0.3) is 0 Å². The van der Waals surface area contributed by atoms with E-state index in [9.17, 15) is 8.78 Å². The monoisotopic (exact) mass is 274 g/mol. The average Bonchev–Trinajstić information content (AvgIpc) is 2.37. The Labute approximate surface area is 76.0 Å². The van der Waals surface area contributed by atoms with Gasteiger partial charge in [0.05, 0.1) is 5.69 Å². The van der Waals surface area contributed by atoms with E-state index in [0.29, 0.717) is 10.4 Å². The summed E-state index contributed by atoms with van der Waals surface area (Å²) in [6.07, 6.45) is 1.22. The fourth-order valence-electron chi connectivity index (χ4n) is 0.619. The van der Waals surface area contributed by atoms with E-state index in [-0.39, 0.29) is 6.61 Å². The smallest absolute Gasteiger partial charge is 0.309 e. The van der Waals surface area contributed by atoms with Gasteiger partial charge in [0, 0.05) is 6.20 Å². The molecule has 0 N–H and O–H groups in total. The molecule has 1 aromatic rings. The Balaban J connectivity index is 2.66. The summed E-state index contributed by atoms with van der Waals surface area (Å²) in [6.45, 7) is -2.32. The average molecular weight is 274 g/mol. The molecule has 0 saturated carbocycles. The molecule has 6 heteroatoms. The number of nitrogens with zero attached hydrogens (tertiary/aromatic N) is 2. The van der Waals surface area contributed by atoms with Gasteiger partial charge in [-0.3, -0.25) is 0 Å². The van der Waals surface area contributed by atoms with E-state index in [0.717, 1.165) is 0 Å². The van der Waals surface area contributed by atoms with Crippen LogP contribution in [-0.2, 0) is 9.67 Å². The maximum absolute atomic E-state index is 11.9. The highest BCUT2D eigenvalue weighted by atomic mass is 127. The summed E-state index contributed by atoms with van der Waals surface area (Å²) in [7, 11) is 0. The van der Waals surface area contributed by atoms with Gasteiger partial charge >= 0.3 is 6.55 Å². The van der Waals surface area contributed by atoms with Gasteiger partial charge in [-0.05, 0) is 6.07 Å². The van der Waals surface area contributed by atoms with Crippen LogP contribution in [0.1, 0.15) is 12.2 Å². The van der Waals surface area contributed by atoms with Crippen LogP contribution in [0, 0.1) is 0 Å². The predicted molar refractivity (Wildman–Crippen MR) is 42.3 cm³/mol. The lowest BCUT2D eigenvalue weighted by Crippen LogP contribution is -1.99. The molecule has 0 atom stereocenters. The standard InChI is InChI=1S/C5H5F2IN2O/c6-5(7)10-2-1-4(9-10)3-11-8/h1-2,5H,3H2. The molecule has 1 heterocycles. The Kier molecular flexibility index (Phi) is 3.18. The minimum atomic E-state index is -2.57. The maximum Gasteiger partial charge on any atom is 0.333 e. The molecular formula is C5H5F2IN2O. The van der Waals surface area contributed by atoms with Gasteiger partial charge in [0.1, 0.15) is 29.6 Å². The summed E-state index contributed by atoms with van der Waals surface area (Å²) in [5.74, 6) is 0. The molecule has 62 valence electrons. The van der Waals surface area contributed by atoms with Crippen molar-refractivity contribution in [3.8, 4) is 0 Å². The molecule has 0 amide bonds. The number of hydrogen-bond acceptors (Lipinski definition) is 2. The molecule has 1 aromatic heterocycles. The lowest BCUT2D eigenvalue weighted by atomic mass is 10.5. The SMILES string of the molecule is FC(F)n1ccc(COI)n1. The van der Waals surface area contributed by atoms with Gasteiger partial charge in [-0.25, -0.2) is 4.68 Å². The van der Waals surface area contributed by atoms with Crippen LogP contribution in [0.3, 0.4) is 0 Å². The maximum atomic E-state index is 11.9. The second-order valence-corrected chi connectivity index (χ2v) is 2.44.